The maximum atomic E-state index is 13.0. The first-order valence-corrected chi connectivity index (χ1v) is 5.62. The third kappa shape index (κ3) is 3.11. The number of amides is 1. The summed E-state index contributed by atoms with van der Waals surface area (Å²) in [5.41, 5.74) is -1.36. The number of anilines is 1. The molecule has 0 aliphatic carbocycles. The summed E-state index contributed by atoms with van der Waals surface area (Å²) in [5, 5.41) is 22.5. The first-order chi connectivity index (χ1) is 9.88. The van der Waals surface area contributed by atoms with Gasteiger partial charge in [0.05, 0.1) is 4.92 Å². The van der Waals surface area contributed by atoms with E-state index >= 15 is 0 Å². The average Bonchev–Trinajstić information content (AvgIpc) is 2.39. The van der Waals surface area contributed by atoms with Crippen LogP contribution in [-0.2, 0) is 0 Å². The van der Waals surface area contributed by atoms with Crippen molar-refractivity contribution in [2.45, 2.75) is 0 Å². The second kappa shape index (κ2) is 5.53. The van der Waals surface area contributed by atoms with Crippen molar-refractivity contribution in [2.75, 3.05) is 5.32 Å². The highest BCUT2D eigenvalue weighted by atomic mass is 19.1. The number of carbonyl (C=O) groups excluding carboxylic acids is 1. The average molecular weight is 294 g/mol. The Morgan fingerprint density at radius 3 is 2.38 bits per heavy atom. The summed E-state index contributed by atoms with van der Waals surface area (Å²) in [4.78, 5) is 21.9. The molecule has 0 radical (unpaired) electrons. The largest absolute Gasteiger partial charge is 0.505 e. The zero-order chi connectivity index (χ0) is 15.6. The Bertz CT molecular complexity index is 714. The van der Waals surface area contributed by atoms with Crippen molar-refractivity contribution in [3.05, 3.63) is 63.7 Å². The van der Waals surface area contributed by atoms with Crippen molar-refractivity contribution < 1.29 is 23.6 Å². The van der Waals surface area contributed by atoms with Gasteiger partial charge >= 0.3 is 0 Å². The minimum Gasteiger partial charge on any atom is -0.505 e. The molecule has 0 unspecified atom stereocenters. The molecule has 2 aromatic rings. The topological polar surface area (TPSA) is 92.5 Å². The number of hydrogen-bond acceptors (Lipinski definition) is 4. The number of halogens is 2. The Hall–Kier alpha value is -3.03. The predicted octanol–water partition coefficient (Wildman–Crippen LogP) is 2.83. The second-order valence-electron chi connectivity index (χ2n) is 4.04. The van der Waals surface area contributed by atoms with E-state index in [2.05, 4.69) is 5.32 Å². The molecule has 21 heavy (non-hydrogen) atoms. The summed E-state index contributed by atoms with van der Waals surface area (Å²) in [6.45, 7) is 0. The van der Waals surface area contributed by atoms with Gasteiger partial charge in [-0.15, -0.1) is 0 Å². The molecule has 6 nitrogen and oxygen atoms in total. The number of nitro benzene ring substituents is 1. The lowest BCUT2D eigenvalue weighted by molar-refractivity contribution is -0.384. The molecular weight excluding hydrogens is 286 g/mol. The molecule has 0 heterocycles. The van der Waals surface area contributed by atoms with Crippen molar-refractivity contribution in [3.63, 3.8) is 0 Å². The molecule has 2 rings (SSSR count). The van der Waals surface area contributed by atoms with Crippen LogP contribution in [0.1, 0.15) is 10.4 Å². The Labute approximate surface area is 116 Å². The standard InChI is InChI=1S/C13H8F2N2O4/c14-8-4-7(5-9(15)6-8)13(19)16-12-10(17(20)21)2-1-3-11(12)18/h1-6,18H,(H,16,19). The Morgan fingerprint density at radius 1 is 1.19 bits per heavy atom. The van der Waals surface area contributed by atoms with E-state index in [4.69, 9.17) is 0 Å². The number of nitro groups is 1. The van der Waals surface area contributed by atoms with Gasteiger partial charge < -0.3 is 10.4 Å². The van der Waals surface area contributed by atoms with Gasteiger partial charge in [0.15, 0.2) is 5.69 Å². The number of benzene rings is 2. The van der Waals surface area contributed by atoms with Gasteiger partial charge in [0.2, 0.25) is 0 Å². The number of nitrogens with zero attached hydrogens (tertiary/aromatic N) is 1. The summed E-state index contributed by atoms with van der Waals surface area (Å²) >= 11 is 0. The summed E-state index contributed by atoms with van der Waals surface area (Å²) in [5.74, 6) is -3.45. The smallest absolute Gasteiger partial charge is 0.296 e. The van der Waals surface area contributed by atoms with E-state index < -0.39 is 39.6 Å². The fourth-order valence-corrected chi connectivity index (χ4v) is 1.68. The quantitative estimate of drug-likeness (QED) is 0.517. The Balaban J connectivity index is 2.38. The summed E-state index contributed by atoms with van der Waals surface area (Å²) in [6.07, 6.45) is 0. The molecule has 0 saturated heterocycles. The van der Waals surface area contributed by atoms with Crippen LogP contribution in [0, 0.1) is 21.7 Å². The van der Waals surface area contributed by atoms with Gasteiger partial charge in [-0.05, 0) is 18.2 Å². The molecule has 0 atom stereocenters. The molecule has 0 spiro atoms. The third-order valence-electron chi connectivity index (χ3n) is 2.58. The highest BCUT2D eigenvalue weighted by molar-refractivity contribution is 6.06. The molecule has 0 aliphatic rings. The number of phenolic OH excluding ortho intramolecular Hbond substituents is 1. The van der Waals surface area contributed by atoms with Gasteiger partial charge in [-0.3, -0.25) is 14.9 Å². The molecule has 2 N–H and O–H groups in total. The third-order valence-corrected chi connectivity index (χ3v) is 2.58. The molecule has 8 heteroatoms. The number of carbonyl (C=O) groups is 1. The highest BCUT2D eigenvalue weighted by Crippen LogP contribution is 2.33. The van der Waals surface area contributed by atoms with Crippen molar-refractivity contribution in [3.8, 4) is 5.75 Å². The van der Waals surface area contributed by atoms with Gasteiger partial charge in [0.1, 0.15) is 17.4 Å². The Morgan fingerprint density at radius 2 is 1.81 bits per heavy atom. The van der Waals surface area contributed by atoms with Gasteiger partial charge in [0, 0.05) is 17.7 Å². The van der Waals surface area contributed by atoms with Crippen LogP contribution in [0.4, 0.5) is 20.2 Å². The van der Waals surface area contributed by atoms with E-state index in [1.54, 1.807) is 0 Å². The van der Waals surface area contributed by atoms with Crippen LogP contribution < -0.4 is 5.32 Å². The van der Waals surface area contributed by atoms with Crippen LogP contribution in [0.15, 0.2) is 36.4 Å². The maximum Gasteiger partial charge on any atom is 0.296 e. The molecule has 0 aromatic heterocycles. The van der Waals surface area contributed by atoms with Crippen molar-refractivity contribution >= 4 is 17.3 Å². The van der Waals surface area contributed by atoms with E-state index in [-0.39, 0.29) is 5.56 Å². The first-order valence-electron chi connectivity index (χ1n) is 5.62. The zero-order valence-electron chi connectivity index (χ0n) is 10.3. The first kappa shape index (κ1) is 14.4. The van der Waals surface area contributed by atoms with E-state index in [9.17, 15) is 28.8 Å². The van der Waals surface area contributed by atoms with Crippen LogP contribution in [0.5, 0.6) is 5.75 Å². The van der Waals surface area contributed by atoms with Gasteiger partial charge in [-0.1, -0.05) is 6.07 Å². The van der Waals surface area contributed by atoms with Crippen LogP contribution in [-0.4, -0.2) is 15.9 Å². The molecule has 0 bridgehead atoms. The van der Waals surface area contributed by atoms with E-state index in [0.29, 0.717) is 6.07 Å². The normalized spacial score (nSPS) is 10.2. The van der Waals surface area contributed by atoms with Crippen LogP contribution in [0.2, 0.25) is 0 Å². The lowest BCUT2D eigenvalue weighted by Crippen LogP contribution is -2.14. The maximum absolute atomic E-state index is 13.0. The van der Waals surface area contributed by atoms with Crippen LogP contribution >= 0.6 is 0 Å². The predicted molar refractivity (Wildman–Crippen MR) is 69.1 cm³/mol. The van der Waals surface area contributed by atoms with Crippen LogP contribution in [0.25, 0.3) is 0 Å². The van der Waals surface area contributed by atoms with Crippen molar-refractivity contribution in [1.29, 1.82) is 0 Å². The lowest BCUT2D eigenvalue weighted by atomic mass is 10.2. The molecule has 0 fully saturated rings. The highest BCUT2D eigenvalue weighted by Gasteiger charge is 2.20. The van der Waals surface area contributed by atoms with Gasteiger partial charge in [-0.2, -0.15) is 0 Å². The van der Waals surface area contributed by atoms with Crippen molar-refractivity contribution in [2.24, 2.45) is 0 Å². The number of nitrogens with one attached hydrogen (secondary N) is 1. The molecular formula is C13H8F2N2O4. The minimum atomic E-state index is -0.988. The Kier molecular flexibility index (Phi) is 3.79. The van der Waals surface area contributed by atoms with E-state index in [1.807, 2.05) is 0 Å². The molecule has 0 saturated carbocycles. The SMILES string of the molecule is O=C(Nc1c(O)cccc1[N+](=O)[O-])c1cc(F)cc(F)c1. The fourth-order valence-electron chi connectivity index (χ4n) is 1.68. The lowest BCUT2D eigenvalue weighted by Gasteiger charge is -2.08. The monoisotopic (exact) mass is 294 g/mol. The number of hydrogen-bond donors (Lipinski definition) is 2. The van der Waals surface area contributed by atoms with E-state index in [1.165, 1.54) is 6.07 Å². The van der Waals surface area contributed by atoms with E-state index in [0.717, 1.165) is 24.3 Å². The summed E-state index contributed by atoms with van der Waals surface area (Å²) in [7, 11) is 0. The number of phenols is 1. The van der Waals surface area contributed by atoms with Gasteiger partial charge in [-0.25, -0.2) is 8.78 Å². The van der Waals surface area contributed by atoms with Crippen molar-refractivity contribution in [1.82, 2.24) is 0 Å². The minimum absolute atomic E-state index is 0.370. The molecule has 108 valence electrons. The number of para-hydroxylation sites is 1. The number of aromatic hydroxyl groups is 1. The fraction of sp³-hybridized carbons (Fsp3) is 0. The second-order valence-corrected chi connectivity index (χ2v) is 4.04. The molecule has 2 aromatic carbocycles. The zero-order valence-corrected chi connectivity index (χ0v) is 10.3. The summed E-state index contributed by atoms with van der Waals surface area (Å²) in [6, 6.07) is 5.55. The molecule has 0 aliphatic heterocycles. The van der Waals surface area contributed by atoms with Gasteiger partial charge in [0.25, 0.3) is 11.6 Å². The summed E-state index contributed by atoms with van der Waals surface area (Å²) < 4.78 is 26.1. The van der Waals surface area contributed by atoms with Crippen LogP contribution in [0.3, 0.4) is 0 Å². The number of rotatable bonds is 3. The molecule has 1 amide bonds.